The van der Waals surface area contributed by atoms with Crippen molar-refractivity contribution in [2.45, 2.75) is 96.6 Å². The molecule has 0 aromatic carbocycles. The maximum Gasteiger partial charge on any atom is 0.303 e. The first-order valence-electron chi connectivity index (χ1n) is 12.4. The Hall–Kier alpha value is -1.69. The Balaban J connectivity index is 2.85. The highest BCUT2D eigenvalue weighted by Gasteiger charge is 2.38. The van der Waals surface area contributed by atoms with Gasteiger partial charge in [-0.2, -0.15) is 0 Å². The van der Waals surface area contributed by atoms with Crippen LogP contribution in [0, 0.1) is 11.8 Å². The second-order valence-electron chi connectivity index (χ2n) is 10.4. The second kappa shape index (κ2) is 14.5. The van der Waals surface area contributed by atoms with E-state index < -0.39 is 20.4 Å². The molecule has 0 aromatic heterocycles. The van der Waals surface area contributed by atoms with Crippen molar-refractivity contribution in [3.05, 3.63) is 60.8 Å². The van der Waals surface area contributed by atoms with Gasteiger partial charge in [-0.15, -0.1) is 0 Å². The average Bonchev–Trinajstić information content (AvgIpc) is 3.06. The quantitative estimate of drug-likeness (QED) is 0.206. The molecule has 0 aliphatic heterocycles. The molecule has 4 nitrogen and oxygen atoms in total. The van der Waals surface area contributed by atoms with Crippen molar-refractivity contribution in [3.63, 3.8) is 0 Å². The van der Waals surface area contributed by atoms with E-state index in [1.165, 1.54) is 0 Å². The van der Waals surface area contributed by atoms with Gasteiger partial charge in [0.05, 0.1) is 12.2 Å². The summed E-state index contributed by atoms with van der Waals surface area (Å²) in [5.74, 6) is -0.567. The number of rotatable bonds is 14. The fraction of sp³-hybridized carbons (Fsp3) is 0.607. The van der Waals surface area contributed by atoms with E-state index in [1.807, 2.05) is 18.2 Å². The zero-order chi connectivity index (χ0) is 24.9. The highest BCUT2D eigenvalue weighted by molar-refractivity contribution is 6.74. The second-order valence-corrected chi connectivity index (χ2v) is 15.1. The number of carboxylic acids is 1. The van der Waals surface area contributed by atoms with E-state index in [2.05, 4.69) is 83.3 Å². The van der Waals surface area contributed by atoms with Gasteiger partial charge in [0.25, 0.3) is 0 Å². The minimum absolute atomic E-state index is 0.00944. The van der Waals surface area contributed by atoms with E-state index in [9.17, 15) is 9.90 Å². The van der Waals surface area contributed by atoms with Crippen LogP contribution in [0.4, 0.5) is 0 Å². The van der Waals surface area contributed by atoms with Gasteiger partial charge in [-0.3, -0.25) is 4.79 Å². The average molecular weight is 475 g/mol. The molecule has 186 valence electrons. The zero-order valence-corrected chi connectivity index (χ0v) is 22.5. The smallest absolute Gasteiger partial charge is 0.303 e. The van der Waals surface area contributed by atoms with E-state index in [0.29, 0.717) is 6.42 Å². The van der Waals surface area contributed by atoms with Gasteiger partial charge < -0.3 is 14.6 Å². The zero-order valence-electron chi connectivity index (χ0n) is 21.5. The largest absolute Gasteiger partial charge is 0.481 e. The maximum atomic E-state index is 10.7. The van der Waals surface area contributed by atoms with Crippen molar-refractivity contribution in [2.24, 2.45) is 11.8 Å². The SMILES string of the molecule is CC/C=C\C/C=C\C[C@@H](/C=C/[C@H]1C=C[C@@H](O)[C@H]1C/C=C\CCC(=O)O)O[Si](C)(C)C(C)(C)C. The van der Waals surface area contributed by atoms with Crippen LogP contribution >= 0.6 is 0 Å². The van der Waals surface area contributed by atoms with Gasteiger partial charge in [-0.1, -0.05) is 88.5 Å². The van der Waals surface area contributed by atoms with Gasteiger partial charge in [0.2, 0.25) is 0 Å². The molecule has 0 spiro atoms. The number of carbonyl (C=O) groups is 1. The molecule has 1 aliphatic carbocycles. The highest BCUT2D eigenvalue weighted by atomic mass is 28.4. The number of aliphatic hydroxyl groups is 1. The van der Waals surface area contributed by atoms with E-state index in [0.717, 1.165) is 25.7 Å². The molecule has 1 aliphatic rings. The van der Waals surface area contributed by atoms with Gasteiger partial charge in [-0.05, 0) is 50.2 Å². The van der Waals surface area contributed by atoms with Gasteiger partial charge in [0, 0.05) is 18.3 Å². The summed E-state index contributed by atoms with van der Waals surface area (Å²) in [5.41, 5.74) is 0. The summed E-state index contributed by atoms with van der Waals surface area (Å²) in [7, 11) is -1.92. The van der Waals surface area contributed by atoms with Crippen LogP contribution in [0.25, 0.3) is 0 Å². The Labute approximate surface area is 203 Å². The molecular formula is C28H46O4Si. The van der Waals surface area contributed by atoms with Crippen molar-refractivity contribution in [2.75, 3.05) is 0 Å². The van der Waals surface area contributed by atoms with E-state index >= 15 is 0 Å². The van der Waals surface area contributed by atoms with Crippen LogP contribution < -0.4 is 0 Å². The summed E-state index contributed by atoms with van der Waals surface area (Å²) >= 11 is 0. The van der Waals surface area contributed by atoms with Crippen molar-refractivity contribution in [1.82, 2.24) is 0 Å². The molecule has 0 saturated carbocycles. The van der Waals surface area contributed by atoms with E-state index in [4.69, 9.17) is 9.53 Å². The molecule has 0 radical (unpaired) electrons. The van der Waals surface area contributed by atoms with Gasteiger partial charge in [-0.25, -0.2) is 0 Å². The molecule has 0 aromatic rings. The highest BCUT2D eigenvalue weighted by Crippen LogP contribution is 2.38. The molecule has 0 heterocycles. The fourth-order valence-electron chi connectivity index (χ4n) is 3.48. The third-order valence-corrected chi connectivity index (χ3v) is 11.1. The standard InChI is InChI=1S/C28H46O4Si/c1-7-8-9-10-11-13-16-24(32-33(5,6)28(2,3)4)21-19-23-20-22-26(29)25(23)17-14-12-15-18-27(30)31/h8-9,11-14,19-26,29H,7,10,15-18H2,1-6H3,(H,30,31)/b9-8-,13-11-,14-12-,21-19+/t23-,24-,25-,26+/m0/s1. The summed E-state index contributed by atoms with van der Waals surface area (Å²) in [6.45, 7) is 13.5. The first kappa shape index (κ1) is 29.3. The molecule has 0 unspecified atom stereocenters. The van der Waals surface area contributed by atoms with Crippen LogP contribution in [0.15, 0.2) is 60.8 Å². The topological polar surface area (TPSA) is 66.8 Å². The van der Waals surface area contributed by atoms with Crippen molar-refractivity contribution < 1.29 is 19.4 Å². The van der Waals surface area contributed by atoms with Gasteiger partial charge in [0.1, 0.15) is 0 Å². The molecule has 0 saturated heterocycles. The van der Waals surface area contributed by atoms with E-state index in [1.54, 1.807) is 0 Å². The first-order valence-corrected chi connectivity index (χ1v) is 15.3. The number of hydrogen-bond donors (Lipinski definition) is 2. The monoisotopic (exact) mass is 474 g/mol. The van der Waals surface area contributed by atoms with Crippen LogP contribution in [0.2, 0.25) is 18.1 Å². The summed E-state index contributed by atoms with van der Waals surface area (Å²) in [4.78, 5) is 10.7. The van der Waals surface area contributed by atoms with Crippen LogP contribution in [0.5, 0.6) is 0 Å². The number of allylic oxidation sites excluding steroid dienone is 7. The third kappa shape index (κ3) is 11.3. The molecule has 1 rings (SSSR count). The molecule has 0 amide bonds. The lowest BCUT2D eigenvalue weighted by atomic mass is 9.89. The van der Waals surface area contributed by atoms with Gasteiger partial charge >= 0.3 is 5.97 Å². The number of aliphatic hydroxyl groups excluding tert-OH is 1. The van der Waals surface area contributed by atoms with E-state index in [-0.39, 0.29) is 29.4 Å². The van der Waals surface area contributed by atoms with Crippen LogP contribution in [-0.2, 0) is 9.22 Å². The number of carboxylic acid groups (broad SMARTS) is 1. The summed E-state index contributed by atoms with van der Waals surface area (Å²) in [6, 6.07) is 0. The lowest BCUT2D eigenvalue weighted by Gasteiger charge is -2.38. The summed E-state index contributed by atoms with van der Waals surface area (Å²) in [6.07, 6.45) is 24.8. The molecule has 5 heteroatoms. The molecule has 4 atom stereocenters. The maximum absolute atomic E-state index is 10.7. The predicted octanol–water partition coefficient (Wildman–Crippen LogP) is 7.21. The van der Waals surface area contributed by atoms with Gasteiger partial charge in [0.15, 0.2) is 8.32 Å². The third-order valence-electron chi connectivity index (χ3n) is 6.57. The van der Waals surface area contributed by atoms with Crippen molar-refractivity contribution >= 4 is 14.3 Å². The summed E-state index contributed by atoms with van der Waals surface area (Å²) < 4.78 is 6.71. The Morgan fingerprint density at radius 2 is 1.79 bits per heavy atom. The lowest BCUT2D eigenvalue weighted by Crippen LogP contribution is -2.43. The molecule has 33 heavy (non-hydrogen) atoms. The Bertz CT molecular complexity index is 725. The van der Waals surface area contributed by atoms with Crippen molar-refractivity contribution in [3.8, 4) is 0 Å². The molecule has 2 N–H and O–H groups in total. The number of aliphatic carboxylic acids is 1. The molecule has 0 bridgehead atoms. The normalized spacial score (nSPS) is 23.1. The molecular weight excluding hydrogens is 428 g/mol. The number of hydrogen-bond acceptors (Lipinski definition) is 3. The molecule has 0 fully saturated rings. The Kier molecular flexibility index (Phi) is 12.9. The van der Waals surface area contributed by atoms with Crippen LogP contribution in [0.1, 0.15) is 66.2 Å². The summed E-state index contributed by atoms with van der Waals surface area (Å²) in [5, 5.41) is 19.3. The lowest BCUT2D eigenvalue weighted by molar-refractivity contribution is -0.136. The van der Waals surface area contributed by atoms with Crippen LogP contribution in [0.3, 0.4) is 0 Å². The minimum atomic E-state index is -1.92. The first-order chi connectivity index (χ1) is 15.5. The fourth-order valence-corrected chi connectivity index (χ4v) is 4.76. The Morgan fingerprint density at radius 1 is 1.09 bits per heavy atom. The minimum Gasteiger partial charge on any atom is -0.481 e. The van der Waals surface area contributed by atoms with Crippen molar-refractivity contribution in [1.29, 1.82) is 0 Å². The van der Waals surface area contributed by atoms with Crippen LogP contribution in [-0.4, -0.2) is 36.7 Å². The Morgan fingerprint density at radius 3 is 2.42 bits per heavy atom. The predicted molar refractivity (Wildman–Crippen MR) is 142 cm³/mol.